The minimum atomic E-state index is -0.706. The Labute approximate surface area is 211 Å². The van der Waals surface area contributed by atoms with Gasteiger partial charge in [-0.15, -0.1) is 0 Å². The molecule has 2 aromatic rings. The van der Waals surface area contributed by atoms with E-state index in [0.717, 1.165) is 6.07 Å². The van der Waals surface area contributed by atoms with E-state index in [2.05, 4.69) is 10.6 Å². The van der Waals surface area contributed by atoms with Crippen LogP contribution in [-0.4, -0.2) is 59.5 Å². The number of nitrogens with zero attached hydrogens (tertiary/aromatic N) is 2. The second-order valence-corrected chi connectivity index (χ2v) is 7.35. The van der Waals surface area contributed by atoms with Gasteiger partial charge in [-0.3, -0.25) is 9.59 Å². The normalized spacial score (nSPS) is 11.1. The maximum atomic E-state index is 12.3. The fraction of sp³-hybridized carbons (Fsp3) is 0.200. The quantitative estimate of drug-likeness (QED) is 0.118. The van der Waals surface area contributed by atoms with Crippen LogP contribution in [0.25, 0.3) is 12.2 Å². The third-order valence-electron chi connectivity index (χ3n) is 4.91. The minimum absolute atomic E-state index is 0.0360. The molecule has 0 radical (unpaired) electrons. The number of aromatic hydroxyl groups is 4. The van der Waals surface area contributed by atoms with Crippen LogP contribution in [0.4, 0.5) is 0 Å². The molecule has 2 aromatic carbocycles. The summed E-state index contributed by atoms with van der Waals surface area (Å²) in [5.74, 6) is -3.45. The molecule has 0 aliphatic rings. The molecule has 0 aliphatic carbocycles. The van der Waals surface area contributed by atoms with E-state index in [1.54, 1.807) is 12.1 Å². The number of hydrogen-bond donors (Lipinski definition) is 6. The number of carbonyl (C=O) groups is 2. The van der Waals surface area contributed by atoms with Crippen LogP contribution in [-0.2, 0) is 9.59 Å². The minimum Gasteiger partial charge on any atom is -0.504 e. The van der Waals surface area contributed by atoms with Gasteiger partial charge in [0.1, 0.15) is 23.3 Å². The zero-order valence-corrected chi connectivity index (χ0v) is 19.9. The molecule has 0 unspecified atom stereocenters. The van der Waals surface area contributed by atoms with E-state index in [0.29, 0.717) is 0 Å². The molecule has 2 amide bonds. The van der Waals surface area contributed by atoms with E-state index in [4.69, 9.17) is 9.47 Å². The van der Waals surface area contributed by atoms with Gasteiger partial charge >= 0.3 is 0 Å². The number of rotatable bonds is 10. The molecule has 0 bridgehead atoms. The number of nitriles is 2. The molecule has 192 valence electrons. The van der Waals surface area contributed by atoms with Crippen LogP contribution >= 0.6 is 0 Å². The fourth-order valence-corrected chi connectivity index (χ4v) is 3.06. The molecule has 0 aromatic heterocycles. The Morgan fingerprint density at radius 1 is 0.865 bits per heavy atom. The van der Waals surface area contributed by atoms with E-state index in [1.807, 2.05) is 0 Å². The van der Waals surface area contributed by atoms with E-state index in [1.165, 1.54) is 44.6 Å². The molecule has 12 heteroatoms. The van der Waals surface area contributed by atoms with Gasteiger partial charge in [0.25, 0.3) is 11.8 Å². The van der Waals surface area contributed by atoms with Gasteiger partial charge in [-0.25, -0.2) is 0 Å². The smallest absolute Gasteiger partial charge is 0.261 e. The highest BCUT2D eigenvalue weighted by molar-refractivity contribution is 6.02. The highest BCUT2D eigenvalue weighted by atomic mass is 16.5. The van der Waals surface area contributed by atoms with Crippen molar-refractivity contribution in [1.82, 2.24) is 10.6 Å². The Bertz CT molecular complexity index is 1340. The average molecular weight is 508 g/mol. The van der Waals surface area contributed by atoms with E-state index in [-0.39, 0.29) is 53.3 Å². The summed E-state index contributed by atoms with van der Waals surface area (Å²) in [5, 5.41) is 62.5. The molecular formula is C25H24N4O8. The molecule has 0 atom stereocenters. The first-order valence-corrected chi connectivity index (χ1v) is 10.7. The van der Waals surface area contributed by atoms with Crippen molar-refractivity contribution in [2.75, 3.05) is 27.3 Å². The fourth-order valence-electron chi connectivity index (χ4n) is 3.06. The van der Waals surface area contributed by atoms with Crippen molar-refractivity contribution in [1.29, 1.82) is 10.5 Å². The predicted molar refractivity (Wildman–Crippen MR) is 130 cm³/mol. The van der Waals surface area contributed by atoms with Crippen LogP contribution in [0, 0.1) is 22.7 Å². The summed E-state index contributed by atoms with van der Waals surface area (Å²) >= 11 is 0. The van der Waals surface area contributed by atoms with Gasteiger partial charge in [0.05, 0.1) is 14.2 Å². The SMILES string of the molecule is COc1cc(C=C(C#N)C(=O)NCCCNC(=O)C(C#N)=Cc2ccc(O)c(O)c2OC)cc(O)c1O. The Hall–Kier alpha value is -5.36. The van der Waals surface area contributed by atoms with Gasteiger partial charge in [-0.05, 0) is 48.4 Å². The first-order chi connectivity index (χ1) is 17.7. The maximum Gasteiger partial charge on any atom is 0.261 e. The molecule has 2 rings (SSSR count). The van der Waals surface area contributed by atoms with E-state index < -0.39 is 34.8 Å². The summed E-state index contributed by atoms with van der Waals surface area (Å²) in [6.45, 7) is 0.179. The number of phenols is 4. The second-order valence-electron chi connectivity index (χ2n) is 7.35. The van der Waals surface area contributed by atoms with Crippen LogP contribution in [0.15, 0.2) is 35.4 Å². The highest BCUT2D eigenvalue weighted by Gasteiger charge is 2.16. The van der Waals surface area contributed by atoms with Gasteiger partial charge < -0.3 is 40.5 Å². The molecule has 0 saturated heterocycles. The van der Waals surface area contributed by atoms with Gasteiger partial charge in [0.15, 0.2) is 23.0 Å². The molecule has 0 spiro atoms. The highest BCUT2D eigenvalue weighted by Crippen LogP contribution is 2.39. The lowest BCUT2D eigenvalue weighted by atomic mass is 10.1. The molecule has 12 nitrogen and oxygen atoms in total. The predicted octanol–water partition coefficient (Wildman–Crippen LogP) is 1.66. The Morgan fingerprint density at radius 2 is 1.46 bits per heavy atom. The Balaban J connectivity index is 1.95. The summed E-state index contributed by atoms with van der Waals surface area (Å²) in [7, 11) is 2.54. The van der Waals surface area contributed by atoms with Crippen molar-refractivity contribution >= 4 is 24.0 Å². The Morgan fingerprint density at radius 3 is 2.00 bits per heavy atom. The van der Waals surface area contributed by atoms with Gasteiger partial charge in [-0.1, -0.05) is 0 Å². The zero-order chi connectivity index (χ0) is 27.5. The summed E-state index contributed by atoms with van der Waals surface area (Å²) < 4.78 is 9.94. The summed E-state index contributed by atoms with van der Waals surface area (Å²) in [6.07, 6.45) is 2.67. The van der Waals surface area contributed by atoms with Crippen LogP contribution in [0.2, 0.25) is 0 Å². The lowest BCUT2D eigenvalue weighted by molar-refractivity contribution is -0.117. The number of phenolic OH excluding ortho intramolecular Hbond substituents is 4. The lowest BCUT2D eigenvalue weighted by Gasteiger charge is -2.09. The largest absolute Gasteiger partial charge is 0.504 e. The zero-order valence-electron chi connectivity index (χ0n) is 19.9. The molecule has 37 heavy (non-hydrogen) atoms. The number of amides is 2. The molecule has 0 heterocycles. The second kappa shape index (κ2) is 12.9. The molecule has 6 N–H and O–H groups in total. The first kappa shape index (κ1) is 27.9. The number of ether oxygens (including phenoxy) is 2. The molecule has 0 fully saturated rings. The topological polar surface area (TPSA) is 205 Å². The van der Waals surface area contributed by atoms with Crippen LogP contribution in [0.3, 0.4) is 0 Å². The van der Waals surface area contributed by atoms with Gasteiger partial charge in [-0.2, -0.15) is 10.5 Å². The average Bonchev–Trinajstić information content (AvgIpc) is 2.89. The van der Waals surface area contributed by atoms with Crippen molar-refractivity contribution in [3.63, 3.8) is 0 Å². The first-order valence-electron chi connectivity index (χ1n) is 10.7. The summed E-state index contributed by atoms with van der Waals surface area (Å²) in [5.41, 5.74) is -0.0978. The summed E-state index contributed by atoms with van der Waals surface area (Å²) in [4.78, 5) is 24.7. The van der Waals surface area contributed by atoms with E-state index in [9.17, 15) is 40.5 Å². The maximum absolute atomic E-state index is 12.3. The molecule has 0 aliphatic heterocycles. The van der Waals surface area contributed by atoms with Crippen LogP contribution in [0.5, 0.6) is 34.5 Å². The van der Waals surface area contributed by atoms with Gasteiger partial charge in [0.2, 0.25) is 11.5 Å². The van der Waals surface area contributed by atoms with Crippen molar-refractivity contribution in [2.24, 2.45) is 0 Å². The van der Waals surface area contributed by atoms with E-state index >= 15 is 0 Å². The van der Waals surface area contributed by atoms with Gasteiger partial charge in [0, 0.05) is 18.7 Å². The third kappa shape index (κ3) is 7.07. The Kier molecular flexibility index (Phi) is 9.74. The number of carbonyl (C=O) groups excluding carboxylic acids is 2. The number of hydrogen-bond acceptors (Lipinski definition) is 10. The van der Waals surface area contributed by atoms with Crippen molar-refractivity contribution < 1.29 is 39.5 Å². The lowest BCUT2D eigenvalue weighted by Crippen LogP contribution is -2.30. The number of nitrogens with one attached hydrogen (secondary N) is 2. The number of methoxy groups -OCH3 is 2. The van der Waals surface area contributed by atoms with Crippen LogP contribution in [0.1, 0.15) is 17.5 Å². The molecular weight excluding hydrogens is 484 g/mol. The number of benzene rings is 2. The monoisotopic (exact) mass is 508 g/mol. The third-order valence-corrected chi connectivity index (χ3v) is 4.91. The van der Waals surface area contributed by atoms with Crippen molar-refractivity contribution in [2.45, 2.75) is 6.42 Å². The standard InChI is InChI=1S/C25H24N4O8/c1-36-20-10-14(9-19(31)21(20)32)8-16(12-26)24(34)28-6-3-7-29-25(35)17(13-27)11-15-4-5-18(30)22(33)23(15)37-2/h4-5,8-11,30-33H,3,6-7H2,1-2H3,(H,28,34)(H,29,35). The van der Waals surface area contributed by atoms with Crippen molar-refractivity contribution in [3.8, 4) is 46.6 Å². The van der Waals surface area contributed by atoms with Crippen LogP contribution < -0.4 is 20.1 Å². The molecule has 0 saturated carbocycles. The summed E-state index contributed by atoms with van der Waals surface area (Å²) in [6, 6.07) is 8.55. The van der Waals surface area contributed by atoms with Crippen molar-refractivity contribution in [3.05, 3.63) is 46.5 Å².